The molecule has 1 aromatic rings. The maximum atomic E-state index is 11.6. The highest BCUT2D eigenvalue weighted by Gasteiger charge is 2.16. The summed E-state index contributed by atoms with van der Waals surface area (Å²) in [5.41, 5.74) is 1.95. The molecule has 0 radical (unpaired) electrons. The van der Waals surface area contributed by atoms with E-state index in [9.17, 15) is 14.7 Å². The van der Waals surface area contributed by atoms with Crippen molar-refractivity contribution in [2.45, 2.75) is 20.3 Å². The van der Waals surface area contributed by atoms with Gasteiger partial charge in [0.1, 0.15) is 12.2 Å². The summed E-state index contributed by atoms with van der Waals surface area (Å²) in [6.45, 7) is 3.67. The number of ketones is 1. The van der Waals surface area contributed by atoms with Gasteiger partial charge in [-0.1, -0.05) is 0 Å². The van der Waals surface area contributed by atoms with E-state index in [1.807, 2.05) is 13.8 Å². The zero-order chi connectivity index (χ0) is 12.3. The van der Waals surface area contributed by atoms with Crippen molar-refractivity contribution < 1.29 is 19.4 Å². The fourth-order valence-electron chi connectivity index (χ4n) is 1.32. The van der Waals surface area contributed by atoms with Crippen LogP contribution < -0.4 is 0 Å². The molecule has 1 aromatic carbocycles. The molecule has 0 aliphatic rings. The van der Waals surface area contributed by atoms with E-state index in [4.69, 9.17) is 0 Å². The van der Waals surface area contributed by atoms with Gasteiger partial charge in [0, 0.05) is 0 Å². The van der Waals surface area contributed by atoms with Gasteiger partial charge in [-0.2, -0.15) is 0 Å². The van der Waals surface area contributed by atoms with Gasteiger partial charge in [-0.3, -0.25) is 9.59 Å². The Morgan fingerprint density at radius 2 is 1.81 bits per heavy atom. The molecule has 0 saturated carbocycles. The Balaban J connectivity index is 3.00. The maximum Gasteiger partial charge on any atom is 0.313 e. The Kier molecular flexibility index (Phi) is 3.66. The molecule has 0 aliphatic heterocycles. The average molecular weight is 222 g/mol. The third kappa shape index (κ3) is 2.59. The first-order chi connectivity index (χ1) is 7.45. The number of ether oxygens (including phenoxy) is 1. The van der Waals surface area contributed by atoms with Crippen molar-refractivity contribution in [2.75, 3.05) is 7.11 Å². The van der Waals surface area contributed by atoms with Crippen molar-refractivity contribution in [2.24, 2.45) is 0 Å². The molecule has 0 heterocycles. The molecule has 0 amide bonds. The standard InChI is InChI=1S/C12H14O4/c1-7-4-9(10(13)5-8(7)2)11(14)6-12(15)16-3/h4-5,13H,6H2,1-3H3. The summed E-state index contributed by atoms with van der Waals surface area (Å²) in [6.07, 6.45) is -0.355. The Bertz CT molecular complexity index is 435. The summed E-state index contributed by atoms with van der Waals surface area (Å²) in [7, 11) is 1.22. The predicted octanol–water partition coefficient (Wildman–Crippen LogP) is 1.75. The van der Waals surface area contributed by atoms with Gasteiger partial charge >= 0.3 is 5.97 Å². The number of phenols is 1. The monoisotopic (exact) mass is 222 g/mol. The summed E-state index contributed by atoms with van der Waals surface area (Å²) < 4.78 is 4.39. The number of carbonyl (C=O) groups is 2. The topological polar surface area (TPSA) is 63.6 Å². The number of rotatable bonds is 3. The van der Waals surface area contributed by atoms with Gasteiger partial charge < -0.3 is 9.84 Å². The number of phenolic OH excluding ortho intramolecular Hbond substituents is 1. The zero-order valence-electron chi connectivity index (χ0n) is 9.53. The second-order valence-corrected chi connectivity index (χ2v) is 3.63. The Labute approximate surface area is 93.9 Å². The van der Waals surface area contributed by atoms with Crippen molar-refractivity contribution in [3.63, 3.8) is 0 Å². The molecular formula is C12H14O4. The molecule has 0 unspecified atom stereocenters. The van der Waals surface area contributed by atoms with E-state index < -0.39 is 11.8 Å². The van der Waals surface area contributed by atoms with Crippen molar-refractivity contribution in [3.05, 3.63) is 28.8 Å². The normalized spacial score (nSPS) is 9.94. The molecule has 0 bridgehead atoms. The van der Waals surface area contributed by atoms with Crippen LogP contribution in [0.3, 0.4) is 0 Å². The lowest BCUT2D eigenvalue weighted by atomic mass is 10.0. The number of benzene rings is 1. The van der Waals surface area contributed by atoms with Crippen LogP contribution in [-0.4, -0.2) is 24.0 Å². The van der Waals surface area contributed by atoms with Crippen LogP contribution in [0.5, 0.6) is 5.75 Å². The van der Waals surface area contributed by atoms with Gasteiger partial charge in [0.05, 0.1) is 12.7 Å². The van der Waals surface area contributed by atoms with E-state index in [0.717, 1.165) is 11.1 Å². The van der Waals surface area contributed by atoms with Gasteiger partial charge in [-0.15, -0.1) is 0 Å². The first-order valence-electron chi connectivity index (χ1n) is 4.86. The minimum Gasteiger partial charge on any atom is -0.507 e. The minimum absolute atomic E-state index is 0.1000. The molecule has 0 aromatic heterocycles. The van der Waals surface area contributed by atoms with Crippen LogP contribution in [0.4, 0.5) is 0 Å². The predicted molar refractivity (Wildman–Crippen MR) is 58.5 cm³/mol. The third-order valence-electron chi connectivity index (χ3n) is 2.45. The molecule has 16 heavy (non-hydrogen) atoms. The Hall–Kier alpha value is -1.84. The molecule has 0 spiro atoms. The van der Waals surface area contributed by atoms with E-state index in [0.29, 0.717) is 0 Å². The SMILES string of the molecule is COC(=O)CC(=O)c1cc(C)c(C)cc1O. The van der Waals surface area contributed by atoms with E-state index in [1.165, 1.54) is 13.2 Å². The molecule has 1 N–H and O–H groups in total. The van der Waals surface area contributed by atoms with Gasteiger partial charge in [-0.05, 0) is 37.1 Å². The zero-order valence-corrected chi connectivity index (χ0v) is 9.53. The van der Waals surface area contributed by atoms with Crippen LogP contribution >= 0.6 is 0 Å². The van der Waals surface area contributed by atoms with Crippen molar-refractivity contribution in [1.29, 1.82) is 0 Å². The smallest absolute Gasteiger partial charge is 0.313 e. The molecule has 0 fully saturated rings. The van der Waals surface area contributed by atoms with Gasteiger partial charge in [-0.25, -0.2) is 0 Å². The summed E-state index contributed by atoms with van der Waals surface area (Å²) >= 11 is 0. The summed E-state index contributed by atoms with van der Waals surface area (Å²) in [5, 5.41) is 9.60. The molecule has 86 valence electrons. The molecular weight excluding hydrogens is 208 g/mol. The van der Waals surface area contributed by atoms with Gasteiger partial charge in [0.15, 0.2) is 5.78 Å². The highest BCUT2D eigenvalue weighted by Crippen LogP contribution is 2.23. The summed E-state index contributed by atoms with van der Waals surface area (Å²) in [5.74, 6) is -1.15. The van der Waals surface area contributed by atoms with Crippen molar-refractivity contribution >= 4 is 11.8 Å². The number of Topliss-reactive ketones (excluding diaryl/α,β-unsaturated/α-hetero) is 1. The quantitative estimate of drug-likeness (QED) is 0.481. The summed E-state index contributed by atoms with van der Waals surface area (Å²) in [6, 6.07) is 3.09. The molecule has 0 aliphatic carbocycles. The second kappa shape index (κ2) is 4.79. The van der Waals surface area contributed by atoms with Crippen LogP contribution in [0.2, 0.25) is 0 Å². The molecule has 0 atom stereocenters. The van der Waals surface area contributed by atoms with Crippen LogP contribution in [0.25, 0.3) is 0 Å². The number of esters is 1. The molecule has 0 saturated heterocycles. The van der Waals surface area contributed by atoms with Gasteiger partial charge in [0.2, 0.25) is 0 Å². The Morgan fingerprint density at radius 3 is 2.38 bits per heavy atom. The highest BCUT2D eigenvalue weighted by atomic mass is 16.5. The van der Waals surface area contributed by atoms with E-state index in [-0.39, 0.29) is 17.7 Å². The molecule has 4 heteroatoms. The number of aromatic hydroxyl groups is 1. The second-order valence-electron chi connectivity index (χ2n) is 3.63. The van der Waals surface area contributed by atoms with E-state index in [2.05, 4.69) is 4.74 Å². The number of hydrogen-bond donors (Lipinski definition) is 1. The fourth-order valence-corrected chi connectivity index (χ4v) is 1.32. The summed E-state index contributed by atoms with van der Waals surface area (Å²) in [4.78, 5) is 22.6. The first-order valence-corrected chi connectivity index (χ1v) is 4.86. The van der Waals surface area contributed by atoms with Gasteiger partial charge in [0.25, 0.3) is 0 Å². The first kappa shape index (κ1) is 12.2. The highest BCUT2D eigenvalue weighted by molar-refractivity contribution is 6.07. The number of hydrogen-bond acceptors (Lipinski definition) is 4. The van der Waals surface area contributed by atoms with Crippen LogP contribution in [-0.2, 0) is 9.53 Å². The lowest BCUT2D eigenvalue weighted by molar-refractivity contribution is -0.139. The maximum absolute atomic E-state index is 11.6. The number of carbonyl (C=O) groups excluding carboxylic acids is 2. The molecule has 4 nitrogen and oxygen atoms in total. The lowest BCUT2D eigenvalue weighted by Crippen LogP contribution is -2.10. The number of methoxy groups -OCH3 is 1. The van der Waals surface area contributed by atoms with E-state index >= 15 is 0 Å². The van der Waals surface area contributed by atoms with Crippen molar-refractivity contribution in [3.8, 4) is 5.75 Å². The van der Waals surface area contributed by atoms with Crippen LogP contribution in [0.15, 0.2) is 12.1 Å². The third-order valence-corrected chi connectivity index (χ3v) is 2.45. The largest absolute Gasteiger partial charge is 0.507 e. The minimum atomic E-state index is -0.609. The lowest BCUT2D eigenvalue weighted by Gasteiger charge is -2.07. The van der Waals surface area contributed by atoms with E-state index in [1.54, 1.807) is 6.07 Å². The Morgan fingerprint density at radius 1 is 1.25 bits per heavy atom. The average Bonchev–Trinajstić information content (AvgIpc) is 2.23. The van der Waals surface area contributed by atoms with Crippen LogP contribution in [0, 0.1) is 13.8 Å². The molecule has 1 rings (SSSR count). The van der Waals surface area contributed by atoms with Crippen molar-refractivity contribution in [1.82, 2.24) is 0 Å². The number of aryl methyl sites for hydroxylation is 2. The van der Waals surface area contributed by atoms with Crippen LogP contribution in [0.1, 0.15) is 27.9 Å². The fraction of sp³-hybridized carbons (Fsp3) is 0.333.